The monoisotopic (exact) mass is 413 g/mol. The van der Waals surface area contributed by atoms with Crippen molar-refractivity contribution in [1.29, 1.82) is 0 Å². The Bertz CT molecular complexity index is 760. The minimum absolute atomic E-state index is 0. The summed E-state index contributed by atoms with van der Waals surface area (Å²) in [5, 5.41) is 3.29. The Kier molecular flexibility index (Phi) is 7.81. The van der Waals surface area contributed by atoms with Crippen LogP contribution in [0.1, 0.15) is 12.8 Å². The minimum atomic E-state index is -3.73. The number of sulfonamides is 2. The van der Waals surface area contributed by atoms with Gasteiger partial charge in [-0.1, -0.05) is 0 Å². The van der Waals surface area contributed by atoms with Gasteiger partial charge in [0.1, 0.15) is 0 Å². The van der Waals surface area contributed by atoms with Gasteiger partial charge in [0.05, 0.1) is 21.9 Å². The first-order valence-corrected chi connectivity index (χ1v) is 10.5. The fourth-order valence-corrected chi connectivity index (χ4v) is 4.56. The molecule has 1 fully saturated rings. The number of hydrogen-bond acceptors (Lipinski definition) is 6. The number of halogens is 1. The third-order valence-corrected chi connectivity index (χ3v) is 6.91. The number of rotatable bonds is 8. The van der Waals surface area contributed by atoms with E-state index in [0.29, 0.717) is 6.61 Å². The van der Waals surface area contributed by atoms with Crippen LogP contribution in [0.5, 0.6) is 0 Å². The maximum absolute atomic E-state index is 12.4. The summed E-state index contributed by atoms with van der Waals surface area (Å²) in [4.78, 5) is 0.0281. The van der Waals surface area contributed by atoms with Gasteiger partial charge in [0.2, 0.25) is 20.0 Å². The number of ether oxygens (including phenoxy) is 1. The first kappa shape index (κ1) is 22.3. The summed E-state index contributed by atoms with van der Waals surface area (Å²) in [5.74, 6) is 0. The van der Waals surface area contributed by atoms with Crippen LogP contribution in [0.25, 0.3) is 0 Å². The molecule has 1 unspecified atom stereocenters. The second-order valence-corrected chi connectivity index (χ2v) is 9.40. The Hall–Kier alpha value is -0.750. The van der Waals surface area contributed by atoms with E-state index in [9.17, 15) is 16.8 Å². The number of benzene rings is 1. The van der Waals surface area contributed by atoms with Crippen LogP contribution < -0.4 is 14.8 Å². The van der Waals surface area contributed by atoms with Crippen molar-refractivity contribution in [2.24, 2.45) is 0 Å². The van der Waals surface area contributed by atoms with Crippen molar-refractivity contribution in [3.8, 4) is 0 Å². The molecule has 1 saturated heterocycles. The van der Waals surface area contributed by atoms with Gasteiger partial charge in [-0.05, 0) is 50.7 Å². The molecule has 1 aliphatic heterocycles. The molecule has 0 aliphatic carbocycles. The SMILES string of the molecule is CNS(=O)(=O)c1ccc(S(=O)(=O)NCC2(COC)CCCN2)cc1.Cl. The zero-order chi connectivity index (χ0) is 17.8. The lowest BCUT2D eigenvalue weighted by Crippen LogP contribution is -2.52. The molecule has 0 amide bonds. The normalized spacial score (nSPS) is 21.0. The van der Waals surface area contributed by atoms with Crippen molar-refractivity contribution in [3.63, 3.8) is 0 Å². The van der Waals surface area contributed by atoms with Gasteiger partial charge in [-0.25, -0.2) is 26.3 Å². The Morgan fingerprint density at radius 1 is 1.12 bits per heavy atom. The van der Waals surface area contributed by atoms with Crippen LogP contribution in [0.2, 0.25) is 0 Å². The van der Waals surface area contributed by atoms with Crippen LogP contribution in [-0.2, 0) is 24.8 Å². The van der Waals surface area contributed by atoms with Crippen molar-refractivity contribution < 1.29 is 21.6 Å². The second kappa shape index (κ2) is 8.76. The first-order valence-electron chi connectivity index (χ1n) is 7.52. The maximum atomic E-state index is 12.4. The van der Waals surface area contributed by atoms with Gasteiger partial charge in [0.15, 0.2) is 0 Å². The smallest absolute Gasteiger partial charge is 0.240 e. The lowest BCUT2D eigenvalue weighted by molar-refractivity contribution is 0.122. The molecular weight excluding hydrogens is 390 g/mol. The van der Waals surface area contributed by atoms with Crippen molar-refractivity contribution in [1.82, 2.24) is 14.8 Å². The number of nitrogens with one attached hydrogen (secondary N) is 3. The molecule has 0 aromatic heterocycles. The predicted molar refractivity (Wildman–Crippen MR) is 97.0 cm³/mol. The molecule has 0 radical (unpaired) electrons. The molecule has 0 bridgehead atoms. The lowest BCUT2D eigenvalue weighted by Gasteiger charge is -2.28. The van der Waals surface area contributed by atoms with Gasteiger partial charge >= 0.3 is 0 Å². The van der Waals surface area contributed by atoms with Gasteiger partial charge in [-0.15, -0.1) is 12.4 Å². The highest BCUT2D eigenvalue weighted by Crippen LogP contribution is 2.20. The van der Waals surface area contributed by atoms with Crippen molar-refractivity contribution in [3.05, 3.63) is 24.3 Å². The molecule has 0 spiro atoms. The van der Waals surface area contributed by atoms with Crippen molar-refractivity contribution in [2.75, 3.05) is 33.9 Å². The van der Waals surface area contributed by atoms with Gasteiger partial charge in [0, 0.05) is 13.7 Å². The van der Waals surface area contributed by atoms with Crippen molar-refractivity contribution in [2.45, 2.75) is 28.2 Å². The predicted octanol–water partition coefficient (Wildman–Crippen LogP) is 0.0634. The molecule has 1 aromatic carbocycles. The average Bonchev–Trinajstić information content (AvgIpc) is 3.03. The Balaban J connectivity index is 0.00000312. The quantitative estimate of drug-likeness (QED) is 0.555. The zero-order valence-corrected chi connectivity index (χ0v) is 16.6. The number of methoxy groups -OCH3 is 1. The van der Waals surface area contributed by atoms with E-state index in [1.54, 1.807) is 7.11 Å². The van der Waals surface area contributed by atoms with E-state index in [0.717, 1.165) is 19.4 Å². The van der Waals surface area contributed by atoms with Crippen LogP contribution in [-0.4, -0.2) is 56.2 Å². The van der Waals surface area contributed by atoms with Gasteiger partial charge < -0.3 is 10.1 Å². The highest BCUT2D eigenvalue weighted by molar-refractivity contribution is 7.90. The third kappa shape index (κ3) is 5.36. The van der Waals surface area contributed by atoms with Crippen LogP contribution in [0.4, 0.5) is 0 Å². The Morgan fingerprint density at radius 3 is 2.12 bits per heavy atom. The van der Waals surface area contributed by atoms with Crippen molar-refractivity contribution >= 4 is 32.5 Å². The Labute approximate surface area is 155 Å². The van der Waals surface area contributed by atoms with E-state index in [4.69, 9.17) is 4.74 Å². The van der Waals surface area contributed by atoms with E-state index >= 15 is 0 Å². The maximum Gasteiger partial charge on any atom is 0.240 e. The van der Waals surface area contributed by atoms with Gasteiger partial charge in [0.25, 0.3) is 0 Å². The van der Waals surface area contributed by atoms with Gasteiger partial charge in [-0.2, -0.15) is 0 Å². The fourth-order valence-electron chi connectivity index (χ4n) is 2.70. The van der Waals surface area contributed by atoms with E-state index in [2.05, 4.69) is 14.8 Å². The van der Waals surface area contributed by atoms with E-state index in [1.165, 1.54) is 31.3 Å². The minimum Gasteiger partial charge on any atom is -0.383 e. The summed E-state index contributed by atoms with van der Waals surface area (Å²) >= 11 is 0. The second-order valence-electron chi connectivity index (χ2n) is 5.75. The topological polar surface area (TPSA) is 114 Å². The van der Waals surface area contributed by atoms with Crippen LogP contribution in [0.3, 0.4) is 0 Å². The van der Waals surface area contributed by atoms with E-state index < -0.39 is 25.6 Å². The Morgan fingerprint density at radius 2 is 1.68 bits per heavy atom. The fraction of sp³-hybridized carbons (Fsp3) is 0.571. The third-order valence-electron chi connectivity index (χ3n) is 4.07. The summed E-state index contributed by atoms with van der Waals surface area (Å²) < 4.78 is 58.2. The molecular formula is C14H24ClN3O5S2. The molecule has 1 aliphatic rings. The highest BCUT2D eigenvalue weighted by Gasteiger charge is 2.34. The number of hydrogen-bond donors (Lipinski definition) is 3. The summed E-state index contributed by atoms with van der Waals surface area (Å²) in [6.07, 6.45) is 1.78. The molecule has 144 valence electrons. The molecule has 8 nitrogen and oxygen atoms in total. The van der Waals surface area contributed by atoms with Crippen LogP contribution in [0.15, 0.2) is 34.1 Å². The zero-order valence-electron chi connectivity index (χ0n) is 14.1. The molecule has 1 heterocycles. The average molecular weight is 414 g/mol. The lowest BCUT2D eigenvalue weighted by atomic mass is 9.99. The van der Waals surface area contributed by atoms with Gasteiger partial charge in [-0.3, -0.25) is 0 Å². The first-order chi connectivity index (χ1) is 11.2. The largest absolute Gasteiger partial charge is 0.383 e. The molecule has 25 heavy (non-hydrogen) atoms. The summed E-state index contributed by atoms with van der Waals surface area (Å²) in [6, 6.07) is 5.08. The highest BCUT2D eigenvalue weighted by atomic mass is 35.5. The standard InChI is InChI=1S/C14H23N3O5S2.ClH/c1-15-23(18,19)12-4-6-13(7-5-12)24(20,21)17-10-14(11-22-2)8-3-9-16-14;/h4-7,15-17H,3,8-11H2,1-2H3;1H. The van der Waals surface area contributed by atoms with Crippen LogP contribution >= 0.6 is 12.4 Å². The molecule has 2 rings (SSSR count). The summed E-state index contributed by atoms with van der Waals surface area (Å²) in [7, 11) is -4.45. The molecule has 1 aromatic rings. The molecule has 11 heteroatoms. The summed E-state index contributed by atoms with van der Waals surface area (Å²) in [6.45, 7) is 1.44. The molecule has 0 saturated carbocycles. The summed E-state index contributed by atoms with van der Waals surface area (Å²) in [5.41, 5.74) is -0.406. The van der Waals surface area contributed by atoms with Crippen LogP contribution in [0, 0.1) is 0 Å². The van der Waals surface area contributed by atoms with E-state index in [1.807, 2.05) is 0 Å². The van der Waals surface area contributed by atoms with E-state index in [-0.39, 0.29) is 28.7 Å². The molecule has 3 N–H and O–H groups in total. The molecule has 1 atom stereocenters.